The molecule has 0 aliphatic heterocycles. The number of nitrogens with zero attached hydrogens (tertiary/aromatic N) is 2. The zero-order valence-corrected chi connectivity index (χ0v) is 10.5. The second kappa shape index (κ2) is 5.82. The third kappa shape index (κ3) is 2.79. The first-order valence-electron chi connectivity index (χ1n) is 6.21. The quantitative estimate of drug-likeness (QED) is 0.803. The molecule has 0 atom stereocenters. The van der Waals surface area contributed by atoms with Crippen LogP contribution in [0, 0.1) is 5.82 Å². The Morgan fingerprint density at radius 2 is 2.22 bits per heavy atom. The van der Waals surface area contributed by atoms with Crippen LogP contribution in [0.25, 0.3) is 11.0 Å². The Bertz CT molecular complexity index is 524. The lowest BCUT2D eigenvalue weighted by molar-refractivity contribution is 0.129. The standard InChI is InChI=1S/C13H18FN3O/c1-2-7-18-8-3-6-17-12-5-4-10(14)9-11(12)16-13(17)15/h4-5,9H,2-3,6-8H2,1H3,(H2,15,16). The molecule has 0 saturated carbocycles. The van der Waals surface area contributed by atoms with E-state index in [9.17, 15) is 4.39 Å². The van der Waals surface area contributed by atoms with Crippen molar-refractivity contribution in [3.05, 3.63) is 24.0 Å². The number of nitrogen functional groups attached to an aromatic ring is 1. The summed E-state index contributed by atoms with van der Waals surface area (Å²) in [5, 5.41) is 0. The third-order valence-electron chi connectivity index (χ3n) is 2.76. The van der Waals surface area contributed by atoms with E-state index in [-0.39, 0.29) is 5.82 Å². The summed E-state index contributed by atoms with van der Waals surface area (Å²) in [4.78, 5) is 4.15. The first kappa shape index (κ1) is 12.8. The lowest BCUT2D eigenvalue weighted by Gasteiger charge is -2.06. The van der Waals surface area contributed by atoms with Crippen LogP contribution in [0.2, 0.25) is 0 Å². The number of fused-ring (bicyclic) bond motifs is 1. The van der Waals surface area contributed by atoms with Gasteiger partial charge in [0.05, 0.1) is 11.0 Å². The van der Waals surface area contributed by atoms with Crippen molar-refractivity contribution < 1.29 is 9.13 Å². The van der Waals surface area contributed by atoms with E-state index in [0.717, 1.165) is 31.5 Å². The van der Waals surface area contributed by atoms with Crippen molar-refractivity contribution >= 4 is 17.0 Å². The molecule has 1 aromatic carbocycles. The molecule has 0 unspecified atom stereocenters. The number of rotatable bonds is 6. The summed E-state index contributed by atoms with van der Waals surface area (Å²) in [6.07, 6.45) is 1.89. The van der Waals surface area contributed by atoms with E-state index in [2.05, 4.69) is 11.9 Å². The van der Waals surface area contributed by atoms with Gasteiger partial charge in [-0.3, -0.25) is 0 Å². The van der Waals surface area contributed by atoms with Crippen molar-refractivity contribution in [1.82, 2.24) is 9.55 Å². The number of benzene rings is 1. The Balaban J connectivity index is 2.05. The number of halogens is 1. The Morgan fingerprint density at radius 1 is 1.39 bits per heavy atom. The molecule has 0 spiro atoms. The number of hydrogen-bond donors (Lipinski definition) is 1. The van der Waals surface area contributed by atoms with Crippen LogP contribution < -0.4 is 5.73 Å². The van der Waals surface area contributed by atoms with Gasteiger partial charge in [0.25, 0.3) is 0 Å². The molecule has 1 heterocycles. The van der Waals surface area contributed by atoms with Gasteiger partial charge in [-0.25, -0.2) is 9.37 Å². The van der Waals surface area contributed by atoms with Crippen LogP contribution in [0.1, 0.15) is 19.8 Å². The van der Waals surface area contributed by atoms with Crippen molar-refractivity contribution in [3.63, 3.8) is 0 Å². The van der Waals surface area contributed by atoms with E-state index < -0.39 is 0 Å². The van der Waals surface area contributed by atoms with Gasteiger partial charge in [0.15, 0.2) is 0 Å². The van der Waals surface area contributed by atoms with E-state index in [4.69, 9.17) is 10.5 Å². The largest absolute Gasteiger partial charge is 0.381 e. The van der Waals surface area contributed by atoms with E-state index in [1.165, 1.54) is 12.1 Å². The predicted molar refractivity (Wildman–Crippen MR) is 69.8 cm³/mol. The lowest BCUT2D eigenvalue weighted by atomic mass is 10.3. The number of ether oxygens (including phenoxy) is 1. The summed E-state index contributed by atoms with van der Waals surface area (Å²) >= 11 is 0. The van der Waals surface area contributed by atoms with E-state index in [1.807, 2.05) is 4.57 Å². The number of aryl methyl sites for hydroxylation is 1. The summed E-state index contributed by atoms with van der Waals surface area (Å²) in [5.41, 5.74) is 7.30. The minimum Gasteiger partial charge on any atom is -0.381 e. The minimum absolute atomic E-state index is 0.293. The maximum absolute atomic E-state index is 13.1. The fraction of sp³-hybridized carbons (Fsp3) is 0.462. The maximum Gasteiger partial charge on any atom is 0.201 e. The first-order valence-corrected chi connectivity index (χ1v) is 6.21. The number of hydrogen-bond acceptors (Lipinski definition) is 3. The van der Waals surface area contributed by atoms with Crippen molar-refractivity contribution in [3.8, 4) is 0 Å². The number of nitrogens with two attached hydrogens (primary N) is 1. The first-order chi connectivity index (χ1) is 8.72. The molecule has 0 aliphatic rings. The molecule has 1 aromatic heterocycles. The Kier molecular flexibility index (Phi) is 4.15. The molecule has 4 nitrogen and oxygen atoms in total. The average molecular weight is 251 g/mol. The normalized spacial score (nSPS) is 11.2. The molecule has 0 aliphatic carbocycles. The molecule has 5 heteroatoms. The molecular formula is C13H18FN3O. The minimum atomic E-state index is -0.293. The number of aromatic nitrogens is 2. The van der Waals surface area contributed by atoms with Crippen LogP contribution in [0.15, 0.2) is 18.2 Å². The van der Waals surface area contributed by atoms with Gasteiger partial charge in [-0.1, -0.05) is 6.92 Å². The molecule has 0 bridgehead atoms. The molecule has 0 radical (unpaired) electrons. The van der Waals surface area contributed by atoms with Gasteiger partial charge < -0.3 is 15.0 Å². The van der Waals surface area contributed by atoms with Gasteiger partial charge in [0.2, 0.25) is 5.95 Å². The predicted octanol–water partition coefficient (Wildman–Crippen LogP) is 2.57. The van der Waals surface area contributed by atoms with Crippen LogP contribution in [0.3, 0.4) is 0 Å². The maximum atomic E-state index is 13.1. The van der Waals surface area contributed by atoms with Crippen molar-refractivity contribution in [2.24, 2.45) is 0 Å². The molecule has 98 valence electrons. The Hall–Kier alpha value is -1.62. The Labute approximate surface area is 106 Å². The third-order valence-corrected chi connectivity index (χ3v) is 2.76. The molecule has 0 fully saturated rings. The Morgan fingerprint density at radius 3 is 3.00 bits per heavy atom. The average Bonchev–Trinajstić information content (AvgIpc) is 2.64. The lowest BCUT2D eigenvalue weighted by Crippen LogP contribution is -2.06. The number of anilines is 1. The van der Waals surface area contributed by atoms with Crippen molar-refractivity contribution in [2.75, 3.05) is 18.9 Å². The molecule has 2 N–H and O–H groups in total. The molecular weight excluding hydrogens is 233 g/mol. The highest BCUT2D eigenvalue weighted by Gasteiger charge is 2.08. The van der Waals surface area contributed by atoms with Gasteiger partial charge in [-0.05, 0) is 25.0 Å². The highest BCUT2D eigenvalue weighted by molar-refractivity contribution is 5.78. The monoisotopic (exact) mass is 251 g/mol. The summed E-state index contributed by atoms with van der Waals surface area (Å²) < 4.78 is 20.4. The molecule has 0 amide bonds. The fourth-order valence-electron chi connectivity index (χ4n) is 1.93. The van der Waals surface area contributed by atoms with Crippen LogP contribution >= 0.6 is 0 Å². The van der Waals surface area contributed by atoms with Gasteiger partial charge in [-0.15, -0.1) is 0 Å². The van der Waals surface area contributed by atoms with E-state index >= 15 is 0 Å². The second-order valence-corrected chi connectivity index (χ2v) is 4.22. The highest BCUT2D eigenvalue weighted by Crippen LogP contribution is 2.19. The highest BCUT2D eigenvalue weighted by atomic mass is 19.1. The van der Waals surface area contributed by atoms with E-state index in [1.54, 1.807) is 6.07 Å². The SMILES string of the molecule is CCCOCCCn1c(N)nc2cc(F)ccc21. The molecule has 2 rings (SSSR count). The second-order valence-electron chi connectivity index (χ2n) is 4.22. The zero-order valence-electron chi connectivity index (χ0n) is 10.5. The fourth-order valence-corrected chi connectivity index (χ4v) is 1.93. The van der Waals surface area contributed by atoms with Gasteiger partial charge in [-0.2, -0.15) is 0 Å². The topological polar surface area (TPSA) is 53.1 Å². The smallest absolute Gasteiger partial charge is 0.201 e. The van der Waals surface area contributed by atoms with E-state index in [0.29, 0.717) is 18.1 Å². The van der Waals surface area contributed by atoms with Crippen LogP contribution in [-0.2, 0) is 11.3 Å². The summed E-state index contributed by atoms with van der Waals surface area (Å²) in [6, 6.07) is 4.53. The van der Waals surface area contributed by atoms with Gasteiger partial charge in [0, 0.05) is 25.8 Å². The number of imidazole rings is 1. The summed E-state index contributed by atoms with van der Waals surface area (Å²) in [5.74, 6) is 0.129. The van der Waals surface area contributed by atoms with Crippen LogP contribution in [0.4, 0.5) is 10.3 Å². The molecule has 18 heavy (non-hydrogen) atoms. The summed E-state index contributed by atoms with van der Waals surface area (Å²) in [6.45, 7) is 4.30. The van der Waals surface area contributed by atoms with Crippen LogP contribution in [0.5, 0.6) is 0 Å². The van der Waals surface area contributed by atoms with Crippen molar-refractivity contribution in [2.45, 2.75) is 26.3 Å². The molecule has 0 saturated heterocycles. The van der Waals surface area contributed by atoms with Crippen LogP contribution in [-0.4, -0.2) is 22.8 Å². The van der Waals surface area contributed by atoms with Crippen molar-refractivity contribution in [1.29, 1.82) is 0 Å². The zero-order chi connectivity index (χ0) is 13.0. The van der Waals surface area contributed by atoms with Gasteiger partial charge in [0.1, 0.15) is 5.82 Å². The summed E-state index contributed by atoms with van der Waals surface area (Å²) in [7, 11) is 0. The molecule has 2 aromatic rings. The van der Waals surface area contributed by atoms with Gasteiger partial charge >= 0.3 is 0 Å².